The molecule has 1 amide bonds. The molecule has 2 heterocycles. The molecule has 22 heavy (non-hydrogen) atoms. The van der Waals surface area contributed by atoms with Crippen LogP contribution in [-0.2, 0) is 19.5 Å². The van der Waals surface area contributed by atoms with Gasteiger partial charge in [0.05, 0.1) is 13.1 Å². The lowest BCUT2D eigenvalue weighted by Gasteiger charge is -2.10. The third-order valence-corrected chi connectivity index (χ3v) is 2.81. The van der Waals surface area contributed by atoms with Gasteiger partial charge in [-0.2, -0.15) is 9.97 Å². The topological polar surface area (TPSA) is 110 Å². The van der Waals surface area contributed by atoms with Gasteiger partial charge in [0.2, 0.25) is 5.89 Å². The molecule has 1 N–H and O–H groups in total. The molecule has 0 radical (unpaired) electrons. The van der Waals surface area contributed by atoms with Crippen LogP contribution in [0.2, 0.25) is 0 Å². The molecule has 2 aromatic heterocycles. The number of carbonyl (C=O) groups is 1. The van der Waals surface area contributed by atoms with Gasteiger partial charge in [-0.05, 0) is 13.0 Å². The molecule has 0 atom stereocenters. The minimum absolute atomic E-state index is 0.0512. The van der Waals surface area contributed by atoms with Gasteiger partial charge in [0, 0.05) is 13.5 Å². The van der Waals surface area contributed by atoms with Crippen molar-refractivity contribution in [2.75, 3.05) is 14.1 Å². The number of amides is 1. The zero-order valence-electron chi connectivity index (χ0n) is 13.2. The molecule has 2 aromatic rings. The average Bonchev–Trinajstić information content (AvgIpc) is 3.07. The minimum Gasteiger partial charge on any atom is -0.351 e. The van der Waals surface area contributed by atoms with Crippen LogP contribution in [0, 0.1) is 5.92 Å². The first kappa shape index (κ1) is 16.1. The maximum absolute atomic E-state index is 11.3. The van der Waals surface area contributed by atoms with Crippen molar-refractivity contribution in [3.8, 4) is 0 Å². The van der Waals surface area contributed by atoms with Gasteiger partial charge in [0.25, 0.3) is 0 Å². The number of hydrogen-bond donors (Lipinski definition) is 1. The molecule has 0 saturated carbocycles. The van der Waals surface area contributed by atoms with Gasteiger partial charge in [-0.3, -0.25) is 9.69 Å². The second-order valence-electron chi connectivity index (χ2n) is 5.47. The second kappa shape index (κ2) is 7.12. The van der Waals surface area contributed by atoms with E-state index in [4.69, 9.17) is 9.05 Å². The zero-order chi connectivity index (χ0) is 16.1. The molecule has 0 unspecified atom stereocenters. The van der Waals surface area contributed by atoms with Crippen LogP contribution in [0.3, 0.4) is 0 Å². The van der Waals surface area contributed by atoms with Gasteiger partial charge in [-0.15, -0.1) is 0 Å². The normalized spacial score (nSPS) is 11.4. The van der Waals surface area contributed by atoms with Crippen LogP contribution in [0.25, 0.3) is 0 Å². The maximum atomic E-state index is 11.3. The summed E-state index contributed by atoms with van der Waals surface area (Å²) in [6.07, 6.45) is 0.761. The summed E-state index contributed by atoms with van der Waals surface area (Å²) < 4.78 is 10.1. The fraction of sp³-hybridized carbons (Fsp3) is 0.615. The van der Waals surface area contributed by atoms with Gasteiger partial charge in [0.15, 0.2) is 11.6 Å². The van der Waals surface area contributed by atoms with Crippen molar-refractivity contribution in [3.63, 3.8) is 0 Å². The Morgan fingerprint density at radius 1 is 1.18 bits per heavy atom. The molecule has 2 rings (SSSR count). The number of carbonyl (C=O) groups excluding carboxylic acids is 1. The summed E-state index contributed by atoms with van der Waals surface area (Å²) in [5.41, 5.74) is 0. The van der Waals surface area contributed by atoms with E-state index in [0.29, 0.717) is 36.5 Å². The summed E-state index contributed by atoms with van der Waals surface area (Å²) in [6.45, 7) is 5.09. The van der Waals surface area contributed by atoms with Crippen LogP contribution in [0.1, 0.15) is 42.1 Å². The van der Waals surface area contributed by atoms with Crippen LogP contribution < -0.4 is 5.32 Å². The molecule has 0 aliphatic heterocycles. The van der Waals surface area contributed by atoms with E-state index in [0.717, 1.165) is 6.42 Å². The molecule has 0 aliphatic rings. The zero-order valence-corrected chi connectivity index (χ0v) is 13.2. The Labute approximate surface area is 128 Å². The fourth-order valence-electron chi connectivity index (χ4n) is 1.84. The Kier molecular flexibility index (Phi) is 5.21. The minimum atomic E-state index is -0.405. The van der Waals surface area contributed by atoms with Crippen molar-refractivity contribution < 1.29 is 13.8 Å². The molecule has 0 bridgehead atoms. The number of nitrogens with one attached hydrogen (secondary N) is 1. The van der Waals surface area contributed by atoms with Gasteiger partial charge in [-0.25, -0.2) is 0 Å². The van der Waals surface area contributed by atoms with E-state index in [1.807, 2.05) is 11.9 Å². The first-order valence-electron chi connectivity index (χ1n) is 7.02. The lowest BCUT2D eigenvalue weighted by molar-refractivity contribution is 0.0919. The maximum Gasteiger partial charge on any atom is 0.315 e. The van der Waals surface area contributed by atoms with E-state index in [2.05, 4.69) is 39.4 Å². The Morgan fingerprint density at radius 3 is 2.45 bits per heavy atom. The average molecular weight is 308 g/mol. The Balaban J connectivity index is 1.89. The SMILES string of the molecule is CNC(=O)c1nc(CN(C)Cc2noc(CC(C)C)n2)no1. The van der Waals surface area contributed by atoms with Crippen LogP contribution in [0.15, 0.2) is 9.05 Å². The van der Waals surface area contributed by atoms with Gasteiger partial charge < -0.3 is 14.4 Å². The van der Waals surface area contributed by atoms with E-state index >= 15 is 0 Å². The highest BCUT2D eigenvalue weighted by atomic mass is 16.5. The summed E-state index contributed by atoms with van der Waals surface area (Å²) in [6, 6.07) is 0. The van der Waals surface area contributed by atoms with Crippen molar-refractivity contribution in [2.24, 2.45) is 5.92 Å². The third kappa shape index (κ3) is 4.35. The van der Waals surface area contributed by atoms with Crippen LogP contribution in [-0.4, -0.2) is 45.2 Å². The standard InChI is InChI=1S/C13H20N6O3/c1-8(2)5-11-15-9(17-21-11)6-19(4)7-10-16-13(22-18-10)12(20)14-3/h8H,5-7H2,1-4H3,(H,14,20). The summed E-state index contributed by atoms with van der Waals surface area (Å²) in [4.78, 5) is 21.6. The third-order valence-electron chi connectivity index (χ3n) is 2.81. The van der Waals surface area contributed by atoms with E-state index in [1.54, 1.807) is 0 Å². The summed E-state index contributed by atoms with van der Waals surface area (Å²) in [5.74, 6) is 1.68. The predicted octanol–water partition coefficient (Wildman–Crippen LogP) is 0.643. The molecule has 120 valence electrons. The molecule has 0 saturated heterocycles. The first-order valence-corrected chi connectivity index (χ1v) is 7.02. The lowest BCUT2D eigenvalue weighted by Crippen LogP contribution is -2.20. The first-order chi connectivity index (χ1) is 10.5. The smallest absolute Gasteiger partial charge is 0.315 e. The monoisotopic (exact) mass is 308 g/mol. The summed E-state index contributed by atoms with van der Waals surface area (Å²) in [7, 11) is 3.37. The molecule has 0 aliphatic carbocycles. The summed E-state index contributed by atoms with van der Waals surface area (Å²) >= 11 is 0. The van der Waals surface area contributed by atoms with Crippen molar-refractivity contribution >= 4 is 5.91 Å². The van der Waals surface area contributed by atoms with E-state index in [-0.39, 0.29) is 5.89 Å². The Bertz CT molecular complexity index is 621. The van der Waals surface area contributed by atoms with Crippen LogP contribution >= 0.6 is 0 Å². The largest absolute Gasteiger partial charge is 0.351 e. The van der Waals surface area contributed by atoms with Gasteiger partial charge in [-0.1, -0.05) is 24.2 Å². The molecular formula is C13H20N6O3. The number of rotatable bonds is 7. The molecule has 0 spiro atoms. The summed E-state index contributed by atoms with van der Waals surface area (Å²) in [5, 5.41) is 10.1. The van der Waals surface area contributed by atoms with Crippen molar-refractivity contribution in [1.82, 2.24) is 30.5 Å². The van der Waals surface area contributed by atoms with Gasteiger partial charge >= 0.3 is 11.8 Å². The molecule has 0 aromatic carbocycles. The van der Waals surface area contributed by atoms with Crippen LogP contribution in [0.4, 0.5) is 0 Å². The quantitative estimate of drug-likeness (QED) is 0.793. The predicted molar refractivity (Wildman–Crippen MR) is 75.7 cm³/mol. The van der Waals surface area contributed by atoms with E-state index < -0.39 is 5.91 Å². The number of hydrogen-bond acceptors (Lipinski definition) is 8. The fourth-order valence-corrected chi connectivity index (χ4v) is 1.84. The molecular weight excluding hydrogens is 288 g/mol. The Hall–Kier alpha value is -2.29. The highest BCUT2D eigenvalue weighted by Crippen LogP contribution is 2.08. The number of aromatic nitrogens is 4. The molecule has 0 fully saturated rings. The number of nitrogens with zero attached hydrogens (tertiary/aromatic N) is 5. The highest BCUT2D eigenvalue weighted by Gasteiger charge is 2.16. The van der Waals surface area contributed by atoms with E-state index in [1.165, 1.54) is 7.05 Å². The van der Waals surface area contributed by atoms with Crippen molar-refractivity contribution in [1.29, 1.82) is 0 Å². The highest BCUT2D eigenvalue weighted by molar-refractivity contribution is 5.89. The van der Waals surface area contributed by atoms with Crippen LogP contribution in [0.5, 0.6) is 0 Å². The van der Waals surface area contributed by atoms with Gasteiger partial charge in [0.1, 0.15) is 0 Å². The van der Waals surface area contributed by atoms with E-state index in [9.17, 15) is 4.79 Å². The van der Waals surface area contributed by atoms with Crippen molar-refractivity contribution in [3.05, 3.63) is 23.4 Å². The van der Waals surface area contributed by atoms with Crippen molar-refractivity contribution in [2.45, 2.75) is 33.4 Å². The lowest BCUT2D eigenvalue weighted by atomic mass is 10.1. The second-order valence-corrected chi connectivity index (χ2v) is 5.47. The molecule has 9 nitrogen and oxygen atoms in total. The molecule has 9 heteroatoms. The Morgan fingerprint density at radius 2 is 1.82 bits per heavy atom.